The van der Waals surface area contributed by atoms with E-state index in [2.05, 4.69) is 15.0 Å². The third-order valence-electron chi connectivity index (χ3n) is 7.83. The first kappa shape index (κ1) is 24.7. The minimum atomic E-state index is -0.654. The van der Waals surface area contributed by atoms with Gasteiger partial charge in [0.05, 0.1) is 36.6 Å². The van der Waals surface area contributed by atoms with E-state index in [4.69, 9.17) is 35.5 Å². The van der Waals surface area contributed by atoms with E-state index < -0.39 is 12.2 Å². The van der Waals surface area contributed by atoms with Crippen LogP contribution in [0.4, 0.5) is 4.39 Å². The van der Waals surface area contributed by atoms with Crippen molar-refractivity contribution in [3.63, 3.8) is 0 Å². The Kier molecular flexibility index (Phi) is 6.15. The van der Waals surface area contributed by atoms with Gasteiger partial charge >= 0.3 is 0 Å². The highest BCUT2D eigenvalue weighted by Crippen LogP contribution is 2.40. The lowest BCUT2D eigenvalue weighted by atomic mass is 9.93. The van der Waals surface area contributed by atoms with Crippen molar-refractivity contribution < 1.29 is 28.4 Å². The van der Waals surface area contributed by atoms with Crippen molar-refractivity contribution in [2.75, 3.05) is 20.3 Å². The van der Waals surface area contributed by atoms with Crippen molar-refractivity contribution in [2.24, 2.45) is 0 Å². The molecule has 3 aromatic heterocycles. The second-order valence-electron chi connectivity index (χ2n) is 10.2. The van der Waals surface area contributed by atoms with E-state index in [9.17, 15) is 5.11 Å². The average Bonchev–Trinajstić information content (AvgIpc) is 3.71. The van der Waals surface area contributed by atoms with Crippen molar-refractivity contribution in [1.29, 1.82) is 0 Å². The Morgan fingerprint density at radius 2 is 2.00 bits per heavy atom. The van der Waals surface area contributed by atoms with Gasteiger partial charge in [0.25, 0.3) is 6.01 Å². The molecule has 2 N–H and O–H groups in total. The van der Waals surface area contributed by atoms with Crippen molar-refractivity contribution in [3.8, 4) is 23.0 Å². The Bertz CT molecular complexity index is 1550. The summed E-state index contributed by atoms with van der Waals surface area (Å²) in [7, 11) is 1.56. The van der Waals surface area contributed by atoms with Crippen LogP contribution in [0.25, 0.3) is 22.3 Å². The summed E-state index contributed by atoms with van der Waals surface area (Å²) in [4.78, 5) is 16.5. The molecule has 7 rings (SSSR count). The first-order valence-corrected chi connectivity index (χ1v) is 13.3. The maximum atomic E-state index is 15.4. The SMILES string of the molecule is COc1ccc(-c2cc(F)c3c(c2)CCC3Cc2nc3nc(O[C@@H]4CO[C@H]5[C@@H]4OC[C@H]5O)[nH]c3cc2Cl)cn1. The molecule has 5 atom stereocenters. The third kappa shape index (κ3) is 4.41. The molecule has 0 radical (unpaired) electrons. The highest BCUT2D eigenvalue weighted by molar-refractivity contribution is 6.31. The monoisotopic (exact) mass is 552 g/mol. The van der Waals surface area contributed by atoms with Gasteiger partial charge in [-0.1, -0.05) is 17.7 Å². The topological polar surface area (TPSA) is 112 Å². The van der Waals surface area contributed by atoms with E-state index in [1.165, 1.54) is 0 Å². The molecule has 2 saturated heterocycles. The smallest absolute Gasteiger partial charge is 0.296 e. The predicted octanol–water partition coefficient (Wildman–Crippen LogP) is 4.00. The Morgan fingerprint density at radius 1 is 1.13 bits per heavy atom. The molecule has 2 aliphatic heterocycles. The third-order valence-corrected chi connectivity index (χ3v) is 8.15. The van der Waals surface area contributed by atoms with Gasteiger partial charge in [0, 0.05) is 17.8 Å². The van der Waals surface area contributed by atoms with Crippen LogP contribution in [0.5, 0.6) is 11.9 Å². The molecule has 202 valence electrons. The number of halogens is 2. The van der Waals surface area contributed by atoms with Crippen molar-refractivity contribution in [3.05, 3.63) is 64.2 Å². The molecule has 0 bridgehead atoms. The molecule has 1 unspecified atom stereocenters. The first-order valence-electron chi connectivity index (χ1n) is 12.9. The lowest BCUT2D eigenvalue weighted by Gasteiger charge is -2.15. The normalized spacial score (nSPS) is 25.7. The Morgan fingerprint density at radius 3 is 2.82 bits per heavy atom. The number of H-pyrrole nitrogens is 1. The fraction of sp³-hybridized carbons (Fsp3) is 0.393. The minimum Gasteiger partial charge on any atom is -0.481 e. The van der Waals surface area contributed by atoms with E-state index in [-0.39, 0.29) is 36.6 Å². The highest BCUT2D eigenvalue weighted by Gasteiger charge is 2.48. The summed E-state index contributed by atoms with van der Waals surface area (Å²) in [5.41, 5.74) is 5.11. The number of benzene rings is 1. The van der Waals surface area contributed by atoms with Gasteiger partial charge in [-0.25, -0.2) is 14.4 Å². The number of hydrogen-bond donors (Lipinski definition) is 2. The molecular formula is C28H26ClFN4O5. The molecule has 2 fully saturated rings. The molecule has 5 heterocycles. The molecule has 39 heavy (non-hydrogen) atoms. The fourth-order valence-corrected chi connectivity index (χ4v) is 6.14. The largest absolute Gasteiger partial charge is 0.481 e. The number of aliphatic hydroxyl groups excluding tert-OH is 1. The number of aryl methyl sites for hydroxylation is 1. The highest BCUT2D eigenvalue weighted by atomic mass is 35.5. The van der Waals surface area contributed by atoms with Crippen LogP contribution < -0.4 is 9.47 Å². The summed E-state index contributed by atoms with van der Waals surface area (Å²) in [6.07, 6.45) is 1.98. The summed E-state index contributed by atoms with van der Waals surface area (Å²) in [6, 6.07) is 9.31. The number of nitrogens with zero attached hydrogens (tertiary/aromatic N) is 3. The Labute approximate surface area is 228 Å². The van der Waals surface area contributed by atoms with E-state index in [1.54, 1.807) is 31.5 Å². The first-order chi connectivity index (χ1) is 19.0. The lowest BCUT2D eigenvalue weighted by Crippen LogP contribution is -2.34. The number of hydrogen-bond acceptors (Lipinski definition) is 8. The summed E-state index contributed by atoms with van der Waals surface area (Å²) >= 11 is 6.62. The van der Waals surface area contributed by atoms with Gasteiger partial charge in [0.2, 0.25) is 5.88 Å². The molecule has 3 aliphatic rings. The molecule has 9 nitrogen and oxygen atoms in total. The number of fused-ring (bicyclic) bond motifs is 3. The second kappa shape index (κ2) is 9.71. The zero-order valence-electron chi connectivity index (χ0n) is 21.1. The minimum absolute atomic E-state index is 0.0429. The van der Waals surface area contributed by atoms with E-state index >= 15 is 4.39 Å². The van der Waals surface area contributed by atoms with Crippen LogP contribution in [0.1, 0.15) is 29.2 Å². The maximum Gasteiger partial charge on any atom is 0.296 e. The van der Waals surface area contributed by atoms with Crippen LogP contribution >= 0.6 is 11.6 Å². The number of aromatic amines is 1. The summed E-state index contributed by atoms with van der Waals surface area (Å²) in [6.45, 7) is 0.521. The molecule has 1 aromatic carbocycles. The zero-order valence-corrected chi connectivity index (χ0v) is 21.8. The fourth-order valence-electron chi connectivity index (χ4n) is 5.91. The van der Waals surface area contributed by atoms with Crippen molar-refractivity contribution in [2.45, 2.75) is 49.6 Å². The summed E-state index contributed by atoms with van der Waals surface area (Å²) < 4.78 is 37.8. The van der Waals surface area contributed by atoms with Gasteiger partial charge in [0.1, 0.15) is 24.1 Å². The lowest BCUT2D eigenvalue weighted by molar-refractivity contribution is 0.00706. The van der Waals surface area contributed by atoms with Crippen LogP contribution in [-0.4, -0.2) is 69.8 Å². The van der Waals surface area contributed by atoms with E-state index in [0.29, 0.717) is 40.8 Å². The number of nitrogens with one attached hydrogen (secondary N) is 1. The summed E-state index contributed by atoms with van der Waals surface area (Å²) in [5, 5.41) is 10.4. The molecule has 11 heteroatoms. The van der Waals surface area contributed by atoms with Crippen molar-refractivity contribution in [1.82, 2.24) is 19.9 Å². The van der Waals surface area contributed by atoms with E-state index in [1.807, 2.05) is 12.1 Å². The van der Waals surface area contributed by atoms with Gasteiger partial charge in [-0.2, -0.15) is 4.98 Å². The van der Waals surface area contributed by atoms with Crippen LogP contribution in [0.3, 0.4) is 0 Å². The summed E-state index contributed by atoms with van der Waals surface area (Å²) in [5.74, 6) is 0.240. The molecule has 0 spiro atoms. The van der Waals surface area contributed by atoms with E-state index in [0.717, 1.165) is 35.1 Å². The number of rotatable bonds is 6. The number of imidazole rings is 1. The van der Waals surface area contributed by atoms with Gasteiger partial charge in [-0.15, -0.1) is 0 Å². The van der Waals surface area contributed by atoms with Crippen LogP contribution in [-0.2, 0) is 22.3 Å². The standard InChI is InChI=1S/C28H26ClFN4O5/c1-36-23-5-4-15(10-31-23)16-6-13-2-3-14(24(13)18(30)7-16)8-19-17(29)9-20-27(32-19)34-28(33-20)39-22-12-38-25-21(35)11-37-26(22)25/h4-7,9-10,14,21-22,25-26,35H,2-3,8,11-12H2,1H3,(H,32,33,34)/t14?,21-,22-,25-,26-/m1/s1. The Hall–Kier alpha value is -3.31. The Balaban J connectivity index is 1.11. The molecule has 0 saturated carbocycles. The van der Waals surface area contributed by atoms with Gasteiger partial charge in [-0.05, 0) is 60.1 Å². The number of ether oxygens (including phenoxy) is 4. The molecular weight excluding hydrogens is 527 g/mol. The quantitative estimate of drug-likeness (QED) is 0.369. The molecule has 1 aliphatic carbocycles. The molecule has 4 aromatic rings. The van der Waals surface area contributed by atoms with Gasteiger partial charge in [0.15, 0.2) is 11.8 Å². The van der Waals surface area contributed by atoms with Crippen LogP contribution in [0.15, 0.2) is 36.5 Å². The van der Waals surface area contributed by atoms with Gasteiger partial charge in [-0.3, -0.25) is 0 Å². The second-order valence-corrected chi connectivity index (χ2v) is 10.6. The van der Waals surface area contributed by atoms with Crippen LogP contribution in [0, 0.1) is 5.82 Å². The number of methoxy groups -OCH3 is 1. The average molecular weight is 553 g/mol. The van der Waals surface area contributed by atoms with Gasteiger partial charge < -0.3 is 29.0 Å². The molecule has 0 amide bonds. The zero-order chi connectivity index (χ0) is 26.7. The number of aromatic nitrogens is 4. The predicted molar refractivity (Wildman–Crippen MR) is 140 cm³/mol. The van der Waals surface area contributed by atoms with Crippen molar-refractivity contribution >= 4 is 22.8 Å². The number of pyridine rings is 2. The number of aliphatic hydroxyl groups is 1. The maximum absolute atomic E-state index is 15.4. The van der Waals surface area contributed by atoms with Crippen LogP contribution in [0.2, 0.25) is 5.02 Å².